The number of hydrogen-bond acceptors (Lipinski definition) is 5. The Bertz CT molecular complexity index is 1090. The number of nitrogens with zero attached hydrogens (tertiary/aromatic N) is 4. The number of aryl methyl sites for hydroxylation is 1. The number of benzene rings is 1. The lowest BCUT2D eigenvalue weighted by Gasteiger charge is -2.06. The van der Waals surface area contributed by atoms with Gasteiger partial charge in [-0.2, -0.15) is 0 Å². The first-order chi connectivity index (χ1) is 10.6. The Hall–Kier alpha value is -2.74. The maximum absolute atomic E-state index is 12.9. The van der Waals surface area contributed by atoms with Gasteiger partial charge < -0.3 is 4.98 Å². The molecule has 22 heavy (non-hydrogen) atoms. The first-order valence-electron chi connectivity index (χ1n) is 6.56. The van der Waals surface area contributed by atoms with Crippen LogP contribution in [0.3, 0.4) is 0 Å². The summed E-state index contributed by atoms with van der Waals surface area (Å²) in [4.78, 5) is 7.34. The van der Waals surface area contributed by atoms with Crippen molar-refractivity contribution >= 4 is 26.6 Å². The van der Waals surface area contributed by atoms with E-state index in [-0.39, 0.29) is 15.6 Å². The molecule has 4 aromatic rings. The summed E-state index contributed by atoms with van der Waals surface area (Å²) in [6.45, 7) is 1.90. The van der Waals surface area contributed by atoms with Crippen LogP contribution in [0.15, 0.2) is 52.8 Å². The average molecular weight is 313 g/mol. The molecule has 0 radical (unpaired) electrons. The van der Waals surface area contributed by atoms with E-state index in [1.807, 2.05) is 6.92 Å². The quantitative estimate of drug-likeness (QED) is 0.608. The Morgan fingerprint density at radius 3 is 2.68 bits per heavy atom. The van der Waals surface area contributed by atoms with Crippen LogP contribution in [0.25, 0.3) is 16.8 Å². The van der Waals surface area contributed by atoms with Crippen molar-refractivity contribution < 1.29 is 8.42 Å². The smallest absolute Gasteiger partial charge is 0.227 e. The monoisotopic (exact) mass is 313 g/mol. The highest BCUT2D eigenvalue weighted by molar-refractivity contribution is 7.91. The topological polar surface area (TPSA) is 93.0 Å². The van der Waals surface area contributed by atoms with Gasteiger partial charge in [0.25, 0.3) is 0 Å². The van der Waals surface area contributed by atoms with Gasteiger partial charge in [0.05, 0.1) is 10.4 Å². The van der Waals surface area contributed by atoms with E-state index in [1.165, 1.54) is 6.33 Å². The maximum atomic E-state index is 12.9. The number of hydrogen-bond donors (Lipinski definition) is 1. The molecule has 0 aliphatic carbocycles. The van der Waals surface area contributed by atoms with Crippen LogP contribution in [-0.2, 0) is 9.84 Å². The van der Waals surface area contributed by atoms with Gasteiger partial charge in [-0.25, -0.2) is 13.4 Å². The van der Waals surface area contributed by atoms with Crippen LogP contribution in [0.4, 0.5) is 0 Å². The Balaban J connectivity index is 2.06. The molecular weight excluding hydrogens is 302 g/mol. The van der Waals surface area contributed by atoms with Gasteiger partial charge in [-0.05, 0) is 25.1 Å². The largest absolute Gasteiger partial charge is 0.345 e. The first kappa shape index (κ1) is 13.0. The molecule has 0 saturated heterocycles. The minimum Gasteiger partial charge on any atom is -0.345 e. The van der Waals surface area contributed by atoms with Gasteiger partial charge in [-0.15, -0.1) is 10.2 Å². The zero-order valence-corrected chi connectivity index (χ0v) is 12.4. The van der Waals surface area contributed by atoms with Gasteiger partial charge in [0.1, 0.15) is 6.33 Å². The molecule has 8 heteroatoms. The van der Waals surface area contributed by atoms with Crippen LogP contribution in [0.1, 0.15) is 5.56 Å². The van der Waals surface area contributed by atoms with Gasteiger partial charge >= 0.3 is 0 Å². The van der Waals surface area contributed by atoms with Gasteiger partial charge in [-0.1, -0.05) is 17.7 Å². The summed E-state index contributed by atoms with van der Waals surface area (Å²) in [5.41, 5.74) is 2.40. The predicted octanol–water partition coefficient (Wildman–Crippen LogP) is 1.75. The molecule has 0 saturated carbocycles. The van der Waals surface area contributed by atoms with Crippen molar-refractivity contribution in [3.05, 3.63) is 48.4 Å². The van der Waals surface area contributed by atoms with Crippen LogP contribution in [0, 0.1) is 6.92 Å². The molecule has 0 bridgehead atoms. The lowest BCUT2D eigenvalue weighted by molar-refractivity contribution is 0.593. The third-order valence-electron chi connectivity index (χ3n) is 3.50. The Morgan fingerprint density at radius 1 is 1.14 bits per heavy atom. The average Bonchev–Trinajstić information content (AvgIpc) is 3.14. The van der Waals surface area contributed by atoms with E-state index in [4.69, 9.17) is 0 Å². The van der Waals surface area contributed by atoms with E-state index in [0.717, 1.165) is 11.1 Å². The lowest BCUT2D eigenvalue weighted by atomic mass is 10.2. The Morgan fingerprint density at radius 2 is 1.91 bits per heavy atom. The fourth-order valence-electron chi connectivity index (χ4n) is 2.35. The summed E-state index contributed by atoms with van der Waals surface area (Å²) < 4.78 is 27.3. The third kappa shape index (κ3) is 1.74. The zero-order chi connectivity index (χ0) is 15.3. The molecule has 0 amide bonds. The number of aromatic amines is 1. The van der Waals surface area contributed by atoms with Crippen LogP contribution < -0.4 is 0 Å². The van der Waals surface area contributed by atoms with E-state index in [9.17, 15) is 8.42 Å². The normalized spacial score (nSPS) is 12.2. The summed E-state index contributed by atoms with van der Waals surface area (Å²) >= 11 is 0. The molecule has 3 heterocycles. The maximum Gasteiger partial charge on any atom is 0.227 e. The number of fused-ring (bicyclic) bond motifs is 3. The molecule has 1 N–H and O–H groups in total. The van der Waals surface area contributed by atoms with E-state index in [0.29, 0.717) is 5.65 Å². The standard InChI is InChI=1S/C14H11N5O2S/c1-9-2-4-10(5-3-9)22(20,21)14-13-18-16-8-19(13)11-6-7-15-12(11)17-14/h2-8,15H,1H3. The second-order valence-electron chi connectivity index (χ2n) is 4.97. The molecule has 4 rings (SSSR count). The van der Waals surface area contributed by atoms with Gasteiger partial charge in [-0.3, -0.25) is 4.40 Å². The Kier molecular flexibility index (Phi) is 2.58. The second-order valence-corrected chi connectivity index (χ2v) is 6.83. The Labute approximate surface area is 125 Å². The minimum atomic E-state index is -3.78. The van der Waals surface area contributed by atoms with Gasteiger partial charge in [0, 0.05) is 6.20 Å². The van der Waals surface area contributed by atoms with E-state index >= 15 is 0 Å². The van der Waals surface area contributed by atoms with E-state index in [2.05, 4.69) is 20.2 Å². The van der Waals surface area contributed by atoms with E-state index < -0.39 is 9.84 Å². The van der Waals surface area contributed by atoms with Crippen molar-refractivity contribution in [2.24, 2.45) is 0 Å². The van der Waals surface area contributed by atoms with Crippen LogP contribution in [-0.4, -0.2) is 33.0 Å². The number of nitrogens with one attached hydrogen (secondary N) is 1. The van der Waals surface area contributed by atoms with Gasteiger partial charge in [0.15, 0.2) is 11.3 Å². The van der Waals surface area contributed by atoms with Crippen LogP contribution in [0.5, 0.6) is 0 Å². The minimum absolute atomic E-state index is 0.108. The lowest BCUT2D eigenvalue weighted by Crippen LogP contribution is -2.08. The molecular formula is C14H11N5O2S. The number of aromatic nitrogens is 5. The zero-order valence-electron chi connectivity index (χ0n) is 11.6. The second kappa shape index (κ2) is 4.38. The highest BCUT2D eigenvalue weighted by Crippen LogP contribution is 2.25. The van der Waals surface area contributed by atoms with E-state index in [1.54, 1.807) is 40.9 Å². The summed E-state index contributed by atoms with van der Waals surface area (Å²) in [7, 11) is -3.78. The molecule has 1 aromatic carbocycles. The third-order valence-corrected chi connectivity index (χ3v) is 5.18. The summed E-state index contributed by atoms with van der Waals surface area (Å²) in [6, 6.07) is 8.43. The van der Waals surface area contributed by atoms with Crippen molar-refractivity contribution in [2.75, 3.05) is 0 Å². The number of H-pyrrole nitrogens is 1. The highest BCUT2D eigenvalue weighted by Gasteiger charge is 2.25. The fraction of sp³-hybridized carbons (Fsp3) is 0.0714. The molecule has 0 spiro atoms. The molecule has 0 unspecified atom stereocenters. The summed E-state index contributed by atoms with van der Waals surface area (Å²) in [5, 5.41) is 7.62. The summed E-state index contributed by atoms with van der Waals surface area (Å²) in [5.74, 6) is 0. The van der Waals surface area contributed by atoms with Crippen molar-refractivity contribution in [2.45, 2.75) is 16.8 Å². The molecule has 7 nitrogen and oxygen atoms in total. The number of rotatable bonds is 2. The predicted molar refractivity (Wildman–Crippen MR) is 79.3 cm³/mol. The van der Waals surface area contributed by atoms with Crippen molar-refractivity contribution in [1.29, 1.82) is 0 Å². The fourth-order valence-corrected chi connectivity index (χ4v) is 3.66. The molecule has 110 valence electrons. The SMILES string of the molecule is Cc1ccc(S(=O)(=O)c2nc3[nH]ccc3n3cnnc23)cc1. The first-order valence-corrected chi connectivity index (χ1v) is 8.04. The molecule has 0 aliphatic heterocycles. The molecule has 0 atom stereocenters. The molecule has 0 aliphatic rings. The highest BCUT2D eigenvalue weighted by atomic mass is 32.2. The van der Waals surface area contributed by atoms with Crippen LogP contribution in [0.2, 0.25) is 0 Å². The molecule has 0 fully saturated rings. The molecule has 3 aromatic heterocycles. The van der Waals surface area contributed by atoms with Crippen molar-refractivity contribution in [3.8, 4) is 0 Å². The summed E-state index contributed by atoms with van der Waals surface area (Å²) in [6.07, 6.45) is 3.17. The van der Waals surface area contributed by atoms with Crippen molar-refractivity contribution in [3.63, 3.8) is 0 Å². The van der Waals surface area contributed by atoms with Crippen LogP contribution >= 0.6 is 0 Å². The number of sulfone groups is 1. The van der Waals surface area contributed by atoms with Gasteiger partial charge in [0.2, 0.25) is 14.9 Å². The van der Waals surface area contributed by atoms with Crippen molar-refractivity contribution in [1.82, 2.24) is 24.6 Å².